The van der Waals surface area contributed by atoms with Crippen molar-refractivity contribution in [3.63, 3.8) is 0 Å². The highest BCUT2D eigenvalue weighted by molar-refractivity contribution is 7.07. The van der Waals surface area contributed by atoms with Gasteiger partial charge >= 0.3 is 0 Å². The topological polar surface area (TPSA) is 55.9 Å². The summed E-state index contributed by atoms with van der Waals surface area (Å²) in [5.41, 5.74) is 8.82. The fraction of sp³-hybridized carbons (Fsp3) is 0.364. The molecule has 2 aromatic rings. The number of anilines is 2. The van der Waals surface area contributed by atoms with Crippen molar-refractivity contribution in [2.24, 2.45) is 7.05 Å². The minimum Gasteiger partial charge on any atom is -0.394 e. The van der Waals surface area contributed by atoms with E-state index in [0.29, 0.717) is 0 Å². The summed E-state index contributed by atoms with van der Waals surface area (Å²) in [5, 5.41) is 11.9. The third-order valence-electron chi connectivity index (χ3n) is 2.66. The van der Waals surface area contributed by atoms with Crippen molar-refractivity contribution in [1.82, 2.24) is 9.78 Å². The van der Waals surface area contributed by atoms with E-state index < -0.39 is 0 Å². The molecule has 2 aromatic heterocycles. The molecule has 2 rings (SSSR count). The minimum atomic E-state index is 0.239. The average molecular weight is 236 g/mol. The average Bonchev–Trinajstić information content (AvgIpc) is 2.83. The lowest BCUT2D eigenvalue weighted by atomic mass is 10.2. The Morgan fingerprint density at radius 3 is 2.81 bits per heavy atom. The quantitative estimate of drug-likeness (QED) is 0.861. The zero-order valence-corrected chi connectivity index (χ0v) is 10.5. The Kier molecular flexibility index (Phi) is 2.87. The summed E-state index contributed by atoms with van der Waals surface area (Å²) >= 11 is 1.70. The molecule has 0 amide bonds. The van der Waals surface area contributed by atoms with Gasteiger partial charge in [0.15, 0.2) is 0 Å². The molecule has 0 aromatic carbocycles. The first-order valence-corrected chi connectivity index (χ1v) is 6.11. The van der Waals surface area contributed by atoms with E-state index in [0.717, 1.165) is 17.2 Å². The van der Waals surface area contributed by atoms with Crippen LogP contribution in [-0.2, 0) is 7.05 Å². The summed E-state index contributed by atoms with van der Waals surface area (Å²) in [6.45, 7) is 4.03. The van der Waals surface area contributed by atoms with Crippen LogP contribution in [0.2, 0.25) is 0 Å². The van der Waals surface area contributed by atoms with Gasteiger partial charge in [-0.2, -0.15) is 16.4 Å². The first-order valence-electron chi connectivity index (χ1n) is 5.17. The van der Waals surface area contributed by atoms with E-state index in [1.54, 1.807) is 16.0 Å². The number of nitrogen functional groups attached to an aromatic ring is 1. The van der Waals surface area contributed by atoms with Gasteiger partial charge in [0.1, 0.15) is 5.82 Å². The van der Waals surface area contributed by atoms with E-state index in [1.807, 2.05) is 14.0 Å². The Hall–Kier alpha value is -1.49. The van der Waals surface area contributed by atoms with Gasteiger partial charge in [0, 0.05) is 7.05 Å². The van der Waals surface area contributed by atoms with Crippen molar-refractivity contribution in [2.45, 2.75) is 19.9 Å². The number of hydrogen-bond donors (Lipinski definition) is 2. The number of rotatable bonds is 3. The van der Waals surface area contributed by atoms with E-state index in [1.165, 1.54) is 5.56 Å². The molecule has 0 fully saturated rings. The maximum atomic E-state index is 5.96. The highest BCUT2D eigenvalue weighted by Gasteiger charge is 2.13. The number of nitrogens with two attached hydrogens (primary N) is 1. The first-order chi connectivity index (χ1) is 7.59. The van der Waals surface area contributed by atoms with Gasteiger partial charge in [-0.1, -0.05) is 0 Å². The van der Waals surface area contributed by atoms with Crippen LogP contribution in [0.5, 0.6) is 0 Å². The van der Waals surface area contributed by atoms with Crippen LogP contribution in [0.3, 0.4) is 0 Å². The van der Waals surface area contributed by atoms with Gasteiger partial charge in [0.05, 0.1) is 17.4 Å². The van der Waals surface area contributed by atoms with Gasteiger partial charge in [-0.15, -0.1) is 0 Å². The zero-order valence-electron chi connectivity index (χ0n) is 9.69. The molecular weight excluding hydrogens is 220 g/mol. The fourth-order valence-corrected chi connectivity index (χ4v) is 2.41. The standard InChI is InChI=1S/C11H16N4S/c1-7(9-4-5-16-6-9)13-11-10(12)8(2)14-15(11)3/h4-7,13H,12H2,1-3H3. The molecule has 0 aliphatic rings. The number of thiophene rings is 1. The molecule has 0 aliphatic carbocycles. The van der Waals surface area contributed by atoms with Crippen molar-refractivity contribution in [2.75, 3.05) is 11.1 Å². The van der Waals surface area contributed by atoms with Crippen LogP contribution in [0.4, 0.5) is 11.5 Å². The van der Waals surface area contributed by atoms with E-state index in [2.05, 4.69) is 34.2 Å². The van der Waals surface area contributed by atoms with Gasteiger partial charge in [-0.3, -0.25) is 4.68 Å². The molecule has 16 heavy (non-hydrogen) atoms. The molecule has 0 bridgehead atoms. The third kappa shape index (κ3) is 1.90. The number of nitrogens with one attached hydrogen (secondary N) is 1. The van der Waals surface area contributed by atoms with Crippen LogP contribution in [0.15, 0.2) is 16.8 Å². The highest BCUT2D eigenvalue weighted by Crippen LogP contribution is 2.26. The second-order valence-electron chi connectivity index (χ2n) is 3.89. The van der Waals surface area contributed by atoms with Crippen LogP contribution in [0, 0.1) is 6.92 Å². The number of aromatic nitrogens is 2. The summed E-state index contributed by atoms with van der Waals surface area (Å²) in [6.07, 6.45) is 0. The van der Waals surface area contributed by atoms with Crippen LogP contribution < -0.4 is 11.1 Å². The van der Waals surface area contributed by atoms with Crippen molar-refractivity contribution in [3.05, 3.63) is 28.1 Å². The van der Waals surface area contributed by atoms with E-state index in [4.69, 9.17) is 5.73 Å². The van der Waals surface area contributed by atoms with Crippen LogP contribution in [0.25, 0.3) is 0 Å². The molecule has 0 radical (unpaired) electrons. The Balaban J connectivity index is 2.21. The Morgan fingerprint density at radius 2 is 2.31 bits per heavy atom. The highest BCUT2D eigenvalue weighted by atomic mass is 32.1. The predicted octanol–water partition coefficient (Wildman–Crippen LogP) is 2.55. The lowest BCUT2D eigenvalue weighted by Crippen LogP contribution is -2.10. The second kappa shape index (κ2) is 4.17. The molecule has 1 atom stereocenters. The van der Waals surface area contributed by atoms with E-state index in [-0.39, 0.29) is 6.04 Å². The number of aryl methyl sites for hydroxylation is 2. The summed E-state index contributed by atoms with van der Waals surface area (Å²) in [4.78, 5) is 0. The van der Waals surface area contributed by atoms with Crippen LogP contribution in [0.1, 0.15) is 24.2 Å². The second-order valence-corrected chi connectivity index (χ2v) is 4.67. The smallest absolute Gasteiger partial charge is 0.148 e. The first kappa shape index (κ1) is 11.0. The molecule has 0 aliphatic heterocycles. The predicted molar refractivity (Wildman–Crippen MR) is 68.7 cm³/mol. The summed E-state index contributed by atoms with van der Waals surface area (Å²) in [7, 11) is 1.89. The summed E-state index contributed by atoms with van der Waals surface area (Å²) < 4.78 is 1.79. The number of hydrogen-bond acceptors (Lipinski definition) is 4. The maximum absolute atomic E-state index is 5.96. The van der Waals surface area contributed by atoms with Crippen molar-refractivity contribution < 1.29 is 0 Å². The Labute approximate surface area is 99.1 Å². The molecule has 86 valence electrons. The lowest BCUT2D eigenvalue weighted by molar-refractivity contribution is 0.743. The van der Waals surface area contributed by atoms with Gasteiger partial charge in [0.25, 0.3) is 0 Å². The fourth-order valence-electron chi connectivity index (χ4n) is 1.66. The van der Waals surface area contributed by atoms with Gasteiger partial charge in [-0.25, -0.2) is 0 Å². The molecular formula is C11H16N4S. The maximum Gasteiger partial charge on any atom is 0.148 e. The zero-order chi connectivity index (χ0) is 11.7. The van der Waals surface area contributed by atoms with Crippen LogP contribution in [-0.4, -0.2) is 9.78 Å². The largest absolute Gasteiger partial charge is 0.394 e. The molecule has 2 heterocycles. The Morgan fingerprint density at radius 1 is 1.56 bits per heavy atom. The van der Waals surface area contributed by atoms with E-state index >= 15 is 0 Å². The third-order valence-corrected chi connectivity index (χ3v) is 3.37. The SMILES string of the molecule is Cc1nn(C)c(NC(C)c2ccsc2)c1N. The summed E-state index contributed by atoms with van der Waals surface area (Å²) in [5.74, 6) is 0.885. The molecule has 4 nitrogen and oxygen atoms in total. The Bertz CT molecular complexity index is 472. The van der Waals surface area contributed by atoms with Crippen molar-refractivity contribution in [1.29, 1.82) is 0 Å². The van der Waals surface area contributed by atoms with Crippen LogP contribution >= 0.6 is 11.3 Å². The van der Waals surface area contributed by atoms with Gasteiger partial charge in [0.2, 0.25) is 0 Å². The summed E-state index contributed by atoms with van der Waals surface area (Å²) in [6, 6.07) is 2.35. The lowest BCUT2D eigenvalue weighted by Gasteiger charge is -2.14. The molecule has 3 N–H and O–H groups in total. The molecule has 0 saturated heterocycles. The van der Waals surface area contributed by atoms with Gasteiger partial charge in [-0.05, 0) is 36.2 Å². The van der Waals surface area contributed by atoms with Crippen molar-refractivity contribution >= 4 is 22.8 Å². The molecule has 0 spiro atoms. The van der Waals surface area contributed by atoms with Gasteiger partial charge < -0.3 is 11.1 Å². The molecule has 1 unspecified atom stereocenters. The monoisotopic (exact) mass is 236 g/mol. The number of nitrogens with zero attached hydrogens (tertiary/aromatic N) is 2. The normalized spacial score (nSPS) is 12.7. The minimum absolute atomic E-state index is 0.239. The molecule has 0 saturated carbocycles. The van der Waals surface area contributed by atoms with E-state index in [9.17, 15) is 0 Å². The van der Waals surface area contributed by atoms with Crippen molar-refractivity contribution in [3.8, 4) is 0 Å². The molecule has 5 heteroatoms.